The zero-order chi connectivity index (χ0) is 15.6. The summed E-state index contributed by atoms with van der Waals surface area (Å²) in [7, 11) is 0. The standard InChI is InChI=1S/C13H17NO7/c1-7-10(15)11(16)12(17)13(21-7)20-6-8-2-4-9(5-3-8)14(18)19/h2-5,7,10-13,15-17H,6H2,1H3/t7-,10+,11+,12+,13+/m0/s1. The highest BCUT2D eigenvalue weighted by molar-refractivity contribution is 5.32. The van der Waals surface area contributed by atoms with Gasteiger partial charge in [-0.15, -0.1) is 0 Å². The van der Waals surface area contributed by atoms with E-state index in [0.717, 1.165) is 0 Å². The fraction of sp³-hybridized carbons (Fsp3) is 0.538. The number of nitrogens with zero attached hydrogens (tertiary/aromatic N) is 1. The third-order valence-electron chi connectivity index (χ3n) is 3.37. The SMILES string of the molecule is C[C@@H]1O[C@@H](OCc2ccc([N+](=O)[O-])cc2)[C@H](O)[C@H](O)[C@@H]1O. The van der Waals surface area contributed by atoms with Crippen molar-refractivity contribution >= 4 is 5.69 Å². The number of rotatable bonds is 4. The molecule has 1 aromatic rings. The van der Waals surface area contributed by atoms with Gasteiger partial charge in [0.05, 0.1) is 17.6 Å². The molecule has 1 heterocycles. The van der Waals surface area contributed by atoms with Crippen molar-refractivity contribution in [1.82, 2.24) is 0 Å². The Balaban J connectivity index is 1.94. The summed E-state index contributed by atoms with van der Waals surface area (Å²) in [5.74, 6) is 0. The van der Waals surface area contributed by atoms with Crippen molar-refractivity contribution in [2.75, 3.05) is 0 Å². The average molecular weight is 299 g/mol. The van der Waals surface area contributed by atoms with Gasteiger partial charge in [-0.05, 0) is 24.6 Å². The van der Waals surface area contributed by atoms with E-state index in [0.29, 0.717) is 5.56 Å². The molecule has 0 aromatic heterocycles. The first-order valence-electron chi connectivity index (χ1n) is 6.44. The topological polar surface area (TPSA) is 122 Å². The van der Waals surface area contributed by atoms with Crippen LogP contribution in [0.4, 0.5) is 5.69 Å². The molecule has 2 rings (SSSR count). The zero-order valence-corrected chi connectivity index (χ0v) is 11.3. The molecule has 0 aliphatic carbocycles. The van der Waals surface area contributed by atoms with Crippen LogP contribution in [0.25, 0.3) is 0 Å². The maximum absolute atomic E-state index is 10.5. The van der Waals surface area contributed by atoms with Gasteiger partial charge in [0.25, 0.3) is 5.69 Å². The number of hydrogen-bond acceptors (Lipinski definition) is 7. The summed E-state index contributed by atoms with van der Waals surface area (Å²) in [4.78, 5) is 10.0. The van der Waals surface area contributed by atoms with Gasteiger partial charge in [-0.25, -0.2) is 0 Å². The second-order valence-electron chi connectivity index (χ2n) is 4.92. The van der Waals surface area contributed by atoms with Gasteiger partial charge in [-0.2, -0.15) is 0 Å². The molecule has 1 aliphatic rings. The van der Waals surface area contributed by atoms with Gasteiger partial charge in [0.2, 0.25) is 0 Å². The molecule has 1 aliphatic heterocycles. The molecular weight excluding hydrogens is 282 g/mol. The summed E-state index contributed by atoms with van der Waals surface area (Å²) in [6.45, 7) is 1.61. The normalized spacial score (nSPS) is 32.9. The highest BCUT2D eigenvalue weighted by atomic mass is 16.7. The van der Waals surface area contributed by atoms with Gasteiger partial charge in [0.1, 0.15) is 18.3 Å². The van der Waals surface area contributed by atoms with Crippen molar-refractivity contribution in [3.8, 4) is 0 Å². The van der Waals surface area contributed by atoms with Crippen molar-refractivity contribution in [2.24, 2.45) is 0 Å². The minimum absolute atomic E-state index is 0.0279. The largest absolute Gasteiger partial charge is 0.388 e. The van der Waals surface area contributed by atoms with Crippen molar-refractivity contribution < 1.29 is 29.7 Å². The summed E-state index contributed by atoms with van der Waals surface area (Å²) < 4.78 is 10.6. The van der Waals surface area contributed by atoms with Gasteiger partial charge in [-0.3, -0.25) is 10.1 Å². The molecule has 1 fully saturated rings. The van der Waals surface area contributed by atoms with Gasteiger partial charge in [0, 0.05) is 12.1 Å². The fourth-order valence-electron chi connectivity index (χ4n) is 2.04. The van der Waals surface area contributed by atoms with Gasteiger partial charge in [-0.1, -0.05) is 0 Å². The highest BCUT2D eigenvalue weighted by Gasteiger charge is 2.42. The van der Waals surface area contributed by atoms with Crippen LogP contribution in [-0.4, -0.2) is 50.9 Å². The van der Waals surface area contributed by atoms with E-state index < -0.39 is 35.6 Å². The molecule has 0 unspecified atom stereocenters. The number of nitro groups is 1. The fourth-order valence-corrected chi connectivity index (χ4v) is 2.04. The number of benzene rings is 1. The zero-order valence-electron chi connectivity index (χ0n) is 11.3. The molecule has 0 saturated carbocycles. The van der Waals surface area contributed by atoms with E-state index in [9.17, 15) is 25.4 Å². The number of nitro benzene ring substituents is 1. The number of hydrogen-bond donors (Lipinski definition) is 3. The van der Waals surface area contributed by atoms with Gasteiger partial charge >= 0.3 is 0 Å². The van der Waals surface area contributed by atoms with Crippen molar-refractivity contribution in [2.45, 2.75) is 44.2 Å². The molecule has 5 atom stereocenters. The third kappa shape index (κ3) is 3.55. The van der Waals surface area contributed by atoms with E-state index >= 15 is 0 Å². The van der Waals surface area contributed by atoms with E-state index in [1.165, 1.54) is 24.3 Å². The lowest BCUT2D eigenvalue weighted by Crippen LogP contribution is -2.57. The Morgan fingerprint density at radius 3 is 2.38 bits per heavy atom. The Hall–Kier alpha value is -1.58. The second-order valence-corrected chi connectivity index (χ2v) is 4.92. The molecule has 8 heteroatoms. The van der Waals surface area contributed by atoms with E-state index in [1.54, 1.807) is 6.92 Å². The number of aliphatic hydroxyl groups is 3. The Kier molecular flexibility index (Phi) is 4.86. The van der Waals surface area contributed by atoms with Crippen LogP contribution in [0.1, 0.15) is 12.5 Å². The van der Waals surface area contributed by atoms with Crippen molar-refractivity contribution in [1.29, 1.82) is 0 Å². The second kappa shape index (κ2) is 6.46. The Bertz CT molecular complexity index is 492. The first-order chi connectivity index (χ1) is 9.90. The molecule has 0 bridgehead atoms. The minimum atomic E-state index is -1.37. The van der Waals surface area contributed by atoms with Crippen LogP contribution in [0.5, 0.6) is 0 Å². The highest BCUT2D eigenvalue weighted by Crippen LogP contribution is 2.23. The molecular formula is C13H17NO7. The summed E-state index contributed by atoms with van der Waals surface area (Å²) in [5.41, 5.74) is 0.629. The third-order valence-corrected chi connectivity index (χ3v) is 3.37. The predicted octanol–water partition coefficient (Wildman–Crippen LogP) is -0.0611. The monoisotopic (exact) mass is 299 g/mol. The lowest BCUT2D eigenvalue weighted by molar-refractivity contribution is -0.384. The average Bonchev–Trinajstić information content (AvgIpc) is 2.48. The molecule has 1 aromatic carbocycles. The number of aliphatic hydroxyl groups excluding tert-OH is 3. The molecule has 8 nitrogen and oxygen atoms in total. The number of non-ortho nitro benzene ring substituents is 1. The van der Waals surface area contributed by atoms with Gasteiger partial charge in [0.15, 0.2) is 6.29 Å². The molecule has 0 radical (unpaired) electrons. The van der Waals surface area contributed by atoms with E-state index in [4.69, 9.17) is 9.47 Å². The molecule has 3 N–H and O–H groups in total. The van der Waals surface area contributed by atoms with Gasteiger partial charge < -0.3 is 24.8 Å². The van der Waals surface area contributed by atoms with Crippen molar-refractivity contribution in [3.63, 3.8) is 0 Å². The number of ether oxygens (including phenoxy) is 2. The summed E-state index contributed by atoms with van der Waals surface area (Å²) in [6.07, 6.45) is -5.65. The maximum Gasteiger partial charge on any atom is 0.269 e. The van der Waals surface area contributed by atoms with E-state index in [-0.39, 0.29) is 12.3 Å². The first kappa shape index (κ1) is 15.8. The van der Waals surface area contributed by atoms with E-state index in [1.807, 2.05) is 0 Å². The van der Waals surface area contributed by atoms with Crippen LogP contribution in [0, 0.1) is 10.1 Å². The Labute approximate surface area is 120 Å². The quantitative estimate of drug-likeness (QED) is 0.525. The lowest BCUT2D eigenvalue weighted by atomic mass is 10.00. The summed E-state index contributed by atoms with van der Waals surface area (Å²) in [5, 5.41) is 39.5. The van der Waals surface area contributed by atoms with E-state index in [2.05, 4.69) is 0 Å². The van der Waals surface area contributed by atoms with Crippen LogP contribution in [0.3, 0.4) is 0 Å². The first-order valence-corrected chi connectivity index (χ1v) is 6.44. The summed E-state index contributed by atoms with van der Waals surface area (Å²) in [6, 6.07) is 5.75. The maximum atomic E-state index is 10.5. The van der Waals surface area contributed by atoms with Crippen LogP contribution in [0.15, 0.2) is 24.3 Å². The molecule has 21 heavy (non-hydrogen) atoms. The minimum Gasteiger partial charge on any atom is -0.388 e. The molecule has 0 spiro atoms. The summed E-state index contributed by atoms with van der Waals surface area (Å²) >= 11 is 0. The molecule has 1 saturated heterocycles. The van der Waals surface area contributed by atoms with Crippen molar-refractivity contribution in [3.05, 3.63) is 39.9 Å². The Morgan fingerprint density at radius 1 is 1.19 bits per heavy atom. The predicted molar refractivity (Wildman–Crippen MR) is 70.2 cm³/mol. The van der Waals surface area contributed by atoms with Crippen LogP contribution >= 0.6 is 0 Å². The Morgan fingerprint density at radius 2 is 1.81 bits per heavy atom. The molecule has 0 amide bonds. The lowest BCUT2D eigenvalue weighted by Gasteiger charge is -2.38. The smallest absolute Gasteiger partial charge is 0.269 e. The molecule has 116 valence electrons. The van der Waals surface area contributed by atoms with Crippen LogP contribution < -0.4 is 0 Å². The van der Waals surface area contributed by atoms with Crippen LogP contribution in [-0.2, 0) is 16.1 Å². The van der Waals surface area contributed by atoms with Crippen LogP contribution in [0.2, 0.25) is 0 Å².